The normalized spacial score (nSPS) is 20.4. The first kappa shape index (κ1) is 22.9. The smallest absolute Gasteiger partial charge is 0.368 e. The van der Waals surface area contributed by atoms with Crippen molar-refractivity contribution in [2.24, 2.45) is 5.92 Å². The van der Waals surface area contributed by atoms with Crippen molar-refractivity contribution in [2.45, 2.75) is 25.6 Å². The van der Waals surface area contributed by atoms with Crippen LogP contribution in [0.25, 0.3) is 0 Å². The zero-order valence-corrected chi connectivity index (χ0v) is 18.6. The number of carbonyl (C=O) groups excluding carboxylic acids is 1. The molecule has 0 aliphatic carbocycles. The van der Waals surface area contributed by atoms with Crippen molar-refractivity contribution in [1.82, 2.24) is 9.80 Å². The summed E-state index contributed by atoms with van der Waals surface area (Å²) < 4.78 is 39.0. The highest BCUT2D eigenvalue weighted by atomic mass is 35.5. The molecule has 4 nitrogen and oxygen atoms in total. The lowest BCUT2D eigenvalue weighted by Gasteiger charge is -2.40. The van der Waals surface area contributed by atoms with Crippen molar-refractivity contribution in [2.75, 3.05) is 44.2 Å². The van der Waals surface area contributed by atoms with E-state index in [1.165, 1.54) is 12.1 Å². The summed E-state index contributed by atoms with van der Waals surface area (Å²) in [6.07, 6.45) is -2.51. The number of nitrogens with zero attached hydrogens (tertiary/aromatic N) is 3. The molecule has 0 radical (unpaired) electrons. The summed E-state index contributed by atoms with van der Waals surface area (Å²) in [5.41, 5.74) is 1.05. The zero-order chi connectivity index (χ0) is 22.7. The zero-order valence-electron chi connectivity index (χ0n) is 17.8. The Bertz CT molecular complexity index is 944. The second kappa shape index (κ2) is 9.71. The summed E-state index contributed by atoms with van der Waals surface area (Å²) in [6.45, 7) is 4.57. The van der Waals surface area contributed by atoms with E-state index < -0.39 is 11.7 Å². The van der Waals surface area contributed by atoms with Crippen LogP contribution in [0.4, 0.5) is 18.9 Å². The van der Waals surface area contributed by atoms with Crippen LogP contribution in [-0.4, -0.2) is 55.0 Å². The third-order valence-electron chi connectivity index (χ3n) is 6.28. The van der Waals surface area contributed by atoms with Crippen LogP contribution in [0, 0.1) is 5.92 Å². The molecule has 2 heterocycles. The van der Waals surface area contributed by atoms with E-state index in [1.54, 1.807) is 6.07 Å². The Morgan fingerprint density at radius 3 is 2.47 bits per heavy atom. The van der Waals surface area contributed by atoms with E-state index in [-0.39, 0.29) is 11.8 Å². The number of piperidine rings is 1. The molecule has 32 heavy (non-hydrogen) atoms. The van der Waals surface area contributed by atoms with Crippen molar-refractivity contribution in [1.29, 1.82) is 0 Å². The highest BCUT2D eigenvalue weighted by molar-refractivity contribution is 6.30. The summed E-state index contributed by atoms with van der Waals surface area (Å²) in [5.74, 6) is 0.118. The quantitative estimate of drug-likeness (QED) is 0.641. The fraction of sp³-hybridized carbons (Fsp3) is 0.458. The van der Waals surface area contributed by atoms with Crippen molar-refractivity contribution in [3.05, 3.63) is 64.7 Å². The molecule has 2 aromatic rings. The van der Waals surface area contributed by atoms with Crippen LogP contribution in [0.1, 0.15) is 24.0 Å². The van der Waals surface area contributed by atoms with Crippen LogP contribution in [0.3, 0.4) is 0 Å². The molecular formula is C24H27ClF3N3O. The number of anilines is 1. The first-order chi connectivity index (χ1) is 15.3. The van der Waals surface area contributed by atoms with Gasteiger partial charge in [0.15, 0.2) is 0 Å². The SMILES string of the molecule is O=C(C1CCCN(Cc2cccc(Cl)c2)C1)N1CCN(c2cccc(C(F)(F)F)c2)CC1. The summed E-state index contributed by atoms with van der Waals surface area (Å²) in [6, 6.07) is 13.2. The first-order valence-corrected chi connectivity index (χ1v) is 11.4. The second-order valence-electron chi connectivity index (χ2n) is 8.56. The van der Waals surface area contributed by atoms with Gasteiger partial charge in [-0.05, 0) is 55.3 Å². The second-order valence-corrected chi connectivity index (χ2v) is 9.00. The van der Waals surface area contributed by atoms with Crippen LogP contribution in [0.5, 0.6) is 0 Å². The van der Waals surface area contributed by atoms with E-state index in [9.17, 15) is 18.0 Å². The van der Waals surface area contributed by atoms with E-state index in [2.05, 4.69) is 4.90 Å². The van der Waals surface area contributed by atoms with Gasteiger partial charge in [-0.2, -0.15) is 13.2 Å². The molecule has 2 aromatic carbocycles. The highest BCUT2D eigenvalue weighted by Crippen LogP contribution is 2.32. The number of likely N-dealkylation sites (tertiary alicyclic amines) is 1. The molecule has 1 unspecified atom stereocenters. The average Bonchev–Trinajstić information content (AvgIpc) is 2.78. The fourth-order valence-electron chi connectivity index (χ4n) is 4.62. The maximum absolute atomic E-state index is 13.1. The summed E-state index contributed by atoms with van der Waals surface area (Å²) in [5, 5.41) is 0.714. The number of amides is 1. The Kier molecular flexibility index (Phi) is 6.96. The minimum absolute atomic E-state index is 0.0389. The Morgan fingerprint density at radius 2 is 1.75 bits per heavy atom. The van der Waals surface area contributed by atoms with Gasteiger partial charge in [-0.3, -0.25) is 9.69 Å². The molecule has 0 saturated carbocycles. The van der Waals surface area contributed by atoms with Crippen LogP contribution >= 0.6 is 11.6 Å². The summed E-state index contributed by atoms with van der Waals surface area (Å²) in [7, 11) is 0. The van der Waals surface area contributed by atoms with Crippen LogP contribution in [-0.2, 0) is 17.5 Å². The minimum Gasteiger partial charge on any atom is -0.368 e. The van der Waals surface area contributed by atoms with Gasteiger partial charge in [0, 0.05) is 50.0 Å². The molecule has 0 bridgehead atoms. The van der Waals surface area contributed by atoms with Gasteiger partial charge >= 0.3 is 6.18 Å². The lowest BCUT2D eigenvalue weighted by atomic mass is 9.95. The van der Waals surface area contributed by atoms with Crippen LogP contribution in [0.2, 0.25) is 5.02 Å². The van der Waals surface area contributed by atoms with Gasteiger partial charge in [0.25, 0.3) is 0 Å². The van der Waals surface area contributed by atoms with Gasteiger partial charge in [0.2, 0.25) is 5.91 Å². The number of benzene rings is 2. The number of rotatable bonds is 4. The molecule has 2 aliphatic heterocycles. The first-order valence-electron chi connectivity index (χ1n) is 11.0. The van der Waals surface area contributed by atoms with Crippen LogP contribution in [0.15, 0.2) is 48.5 Å². The number of hydrogen-bond acceptors (Lipinski definition) is 3. The van der Waals surface area contributed by atoms with Gasteiger partial charge in [-0.1, -0.05) is 29.8 Å². The Balaban J connectivity index is 1.32. The fourth-order valence-corrected chi connectivity index (χ4v) is 4.83. The standard InChI is InChI=1S/C24H27ClF3N3O/c25-21-7-1-4-18(14-21)16-29-9-3-5-19(17-29)23(32)31-12-10-30(11-13-31)22-8-2-6-20(15-22)24(26,27)28/h1-2,4,6-8,14-15,19H,3,5,9-13,16-17H2. The van der Waals surface area contributed by atoms with Gasteiger partial charge in [0.1, 0.15) is 0 Å². The van der Waals surface area contributed by atoms with Crippen molar-refractivity contribution in [3.63, 3.8) is 0 Å². The summed E-state index contributed by atoms with van der Waals surface area (Å²) >= 11 is 6.09. The molecular weight excluding hydrogens is 439 g/mol. The van der Waals surface area contributed by atoms with E-state index >= 15 is 0 Å². The molecule has 1 atom stereocenters. The monoisotopic (exact) mass is 465 g/mol. The van der Waals surface area contributed by atoms with Gasteiger partial charge < -0.3 is 9.80 Å². The number of halogens is 4. The molecule has 2 saturated heterocycles. The lowest BCUT2D eigenvalue weighted by molar-refractivity contribution is -0.138. The Hall–Kier alpha value is -2.25. The van der Waals surface area contributed by atoms with Gasteiger partial charge in [-0.25, -0.2) is 0 Å². The molecule has 1 amide bonds. The maximum atomic E-state index is 13.1. The number of piperazine rings is 1. The van der Waals surface area contributed by atoms with E-state index in [4.69, 9.17) is 11.6 Å². The molecule has 0 spiro atoms. The van der Waals surface area contributed by atoms with Crippen LogP contribution < -0.4 is 4.90 Å². The molecule has 0 aromatic heterocycles. The van der Waals surface area contributed by atoms with Gasteiger partial charge in [0.05, 0.1) is 11.5 Å². The summed E-state index contributed by atoms with van der Waals surface area (Å²) in [4.78, 5) is 19.2. The lowest BCUT2D eigenvalue weighted by Crippen LogP contribution is -2.52. The third kappa shape index (κ3) is 5.56. The molecule has 2 aliphatic rings. The van der Waals surface area contributed by atoms with Gasteiger partial charge in [-0.15, -0.1) is 0 Å². The predicted octanol–water partition coefficient (Wildman–Crippen LogP) is 4.92. The molecule has 2 fully saturated rings. The number of carbonyl (C=O) groups is 1. The van der Waals surface area contributed by atoms with Crippen molar-refractivity contribution >= 4 is 23.2 Å². The van der Waals surface area contributed by atoms with E-state index in [1.807, 2.05) is 34.1 Å². The molecule has 4 rings (SSSR count). The topological polar surface area (TPSA) is 26.8 Å². The molecule has 0 N–H and O–H groups in total. The van der Waals surface area contributed by atoms with Crippen molar-refractivity contribution < 1.29 is 18.0 Å². The molecule has 172 valence electrons. The minimum atomic E-state index is -4.36. The Morgan fingerprint density at radius 1 is 1.00 bits per heavy atom. The number of alkyl halides is 3. The number of hydrogen-bond donors (Lipinski definition) is 0. The van der Waals surface area contributed by atoms with E-state index in [0.29, 0.717) is 36.9 Å². The highest BCUT2D eigenvalue weighted by Gasteiger charge is 2.33. The predicted molar refractivity (Wildman–Crippen MR) is 120 cm³/mol. The largest absolute Gasteiger partial charge is 0.416 e. The average molecular weight is 466 g/mol. The van der Waals surface area contributed by atoms with E-state index in [0.717, 1.165) is 44.1 Å². The maximum Gasteiger partial charge on any atom is 0.416 e. The third-order valence-corrected chi connectivity index (χ3v) is 6.52. The molecule has 8 heteroatoms. The Labute approximate surface area is 191 Å². The van der Waals surface area contributed by atoms with Crippen molar-refractivity contribution in [3.8, 4) is 0 Å².